The van der Waals surface area contributed by atoms with Crippen LogP contribution in [0.15, 0.2) is 22.8 Å². The number of benzene rings is 1. The lowest BCUT2D eigenvalue weighted by Gasteiger charge is -2.09. The Kier molecular flexibility index (Phi) is 2.91. The van der Waals surface area contributed by atoms with Crippen LogP contribution >= 0.6 is 15.9 Å². The molecule has 0 bridgehead atoms. The maximum Gasteiger partial charge on any atom is 0.273 e. The van der Waals surface area contributed by atoms with Gasteiger partial charge in [-0.05, 0) is 29.8 Å². The molecule has 1 aromatic heterocycles. The summed E-state index contributed by atoms with van der Waals surface area (Å²) >= 11 is 3.29. The fourth-order valence-corrected chi connectivity index (χ4v) is 2.32. The van der Waals surface area contributed by atoms with Crippen molar-refractivity contribution in [3.05, 3.63) is 38.7 Å². The van der Waals surface area contributed by atoms with Crippen molar-refractivity contribution in [2.75, 3.05) is 0 Å². The largest absolute Gasteiger partial charge is 0.341 e. The van der Waals surface area contributed by atoms with Gasteiger partial charge in [-0.2, -0.15) is 0 Å². The Morgan fingerprint density at radius 2 is 2.12 bits per heavy atom. The molecule has 0 unspecified atom stereocenters. The van der Waals surface area contributed by atoms with Gasteiger partial charge in [-0.15, -0.1) is 0 Å². The van der Waals surface area contributed by atoms with Gasteiger partial charge in [0, 0.05) is 28.2 Å². The third-order valence-electron chi connectivity index (χ3n) is 2.58. The van der Waals surface area contributed by atoms with E-state index in [0.717, 1.165) is 6.07 Å². The van der Waals surface area contributed by atoms with Crippen molar-refractivity contribution in [2.24, 2.45) is 0 Å². The zero-order valence-corrected chi connectivity index (χ0v) is 10.9. The molecule has 0 amide bonds. The fraction of sp³-hybridized carbons (Fsp3) is 0.273. The number of non-ortho nitro benzene ring substituents is 1. The Bertz CT molecular complexity index is 607. The van der Waals surface area contributed by atoms with E-state index in [0.29, 0.717) is 15.4 Å². The zero-order valence-electron chi connectivity index (χ0n) is 9.28. The minimum Gasteiger partial charge on any atom is -0.341 e. The molecule has 90 valence electrons. The summed E-state index contributed by atoms with van der Waals surface area (Å²) < 4.78 is 16.3. The van der Waals surface area contributed by atoms with Gasteiger partial charge >= 0.3 is 0 Å². The van der Waals surface area contributed by atoms with Crippen LogP contribution in [0.25, 0.3) is 10.9 Å². The van der Waals surface area contributed by atoms with Crippen LogP contribution in [-0.4, -0.2) is 9.49 Å². The van der Waals surface area contributed by atoms with Crippen molar-refractivity contribution in [3.8, 4) is 0 Å². The average molecular weight is 301 g/mol. The fourth-order valence-electron chi connectivity index (χ4n) is 1.80. The summed E-state index contributed by atoms with van der Waals surface area (Å²) in [6.45, 7) is 3.85. The minimum atomic E-state index is -0.596. The molecule has 0 aliphatic rings. The zero-order chi connectivity index (χ0) is 12.7. The lowest BCUT2D eigenvalue weighted by molar-refractivity contribution is -0.384. The molecule has 2 rings (SSSR count). The van der Waals surface area contributed by atoms with Crippen LogP contribution in [0.4, 0.5) is 10.1 Å². The van der Waals surface area contributed by atoms with Gasteiger partial charge in [0.2, 0.25) is 0 Å². The Balaban J connectivity index is 2.83. The van der Waals surface area contributed by atoms with E-state index in [9.17, 15) is 14.5 Å². The normalized spacial score (nSPS) is 11.4. The number of aromatic nitrogens is 1. The number of hydrogen-bond acceptors (Lipinski definition) is 2. The van der Waals surface area contributed by atoms with Crippen molar-refractivity contribution in [1.82, 2.24) is 4.57 Å². The molecule has 4 nitrogen and oxygen atoms in total. The molecule has 0 radical (unpaired) electrons. The molecule has 6 heteroatoms. The Labute approximate surface area is 105 Å². The average Bonchev–Trinajstić information content (AvgIpc) is 2.57. The highest BCUT2D eigenvalue weighted by Gasteiger charge is 2.18. The molecule has 0 atom stereocenters. The molecular formula is C11H10BrFN2O2. The number of nitro benzene ring substituents is 1. The molecule has 1 aromatic carbocycles. The van der Waals surface area contributed by atoms with E-state index in [4.69, 9.17) is 0 Å². The number of rotatable bonds is 2. The van der Waals surface area contributed by atoms with Crippen molar-refractivity contribution in [2.45, 2.75) is 19.9 Å². The first-order valence-corrected chi connectivity index (χ1v) is 5.85. The number of hydrogen-bond donors (Lipinski definition) is 0. The van der Waals surface area contributed by atoms with E-state index in [-0.39, 0.29) is 11.7 Å². The molecular weight excluding hydrogens is 291 g/mol. The van der Waals surface area contributed by atoms with E-state index < -0.39 is 10.7 Å². The van der Waals surface area contributed by atoms with Crippen molar-refractivity contribution in [1.29, 1.82) is 0 Å². The highest BCUT2D eigenvalue weighted by molar-refractivity contribution is 9.10. The number of halogens is 2. The Hall–Kier alpha value is -1.43. The van der Waals surface area contributed by atoms with Gasteiger partial charge in [0.25, 0.3) is 5.69 Å². The lowest BCUT2D eigenvalue weighted by atomic mass is 10.2. The SMILES string of the molecule is CC(C)n1cc(Br)c2cc([N+](=O)[O-])cc(F)c21. The molecule has 1 heterocycles. The summed E-state index contributed by atoms with van der Waals surface area (Å²) in [5.74, 6) is -0.575. The summed E-state index contributed by atoms with van der Waals surface area (Å²) in [7, 11) is 0. The van der Waals surface area contributed by atoms with E-state index >= 15 is 0 Å². The van der Waals surface area contributed by atoms with E-state index in [2.05, 4.69) is 15.9 Å². The van der Waals surface area contributed by atoms with Crippen LogP contribution in [0.5, 0.6) is 0 Å². The van der Waals surface area contributed by atoms with E-state index in [1.807, 2.05) is 13.8 Å². The van der Waals surface area contributed by atoms with Gasteiger partial charge < -0.3 is 4.57 Å². The lowest BCUT2D eigenvalue weighted by Crippen LogP contribution is -2.00. The van der Waals surface area contributed by atoms with Crippen LogP contribution in [-0.2, 0) is 0 Å². The number of fused-ring (bicyclic) bond motifs is 1. The second-order valence-electron chi connectivity index (χ2n) is 4.06. The van der Waals surface area contributed by atoms with Gasteiger partial charge in [0.1, 0.15) is 0 Å². The second kappa shape index (κ2) is 4.10. The predicted molar refractivity (Wildman–Crippen MR) is 66.6 cm³/mol. The van der Waals surface area contributed by atoms with E-state index in [1.54, 1.807) is 10.8 Å². The summed E-state index contributed by atoms with van der Waals surface area (Å²) in [4.78, 5) is 10.1. The summed E-state index contributed by atoms with van der Waals surface area (Å²) in [5.41, 5.74) is 0.148. The van der Waals surface area contributed by atoms with Crippen LogP contribution in [0.2, 0.25) is 0 Å². The standard InChI is InChI=1S/C11H10BrFN2O2/c1-6(2)14-5-9(12)8-3-7(15(16)17)4-10(13)11(8)14/h3-6H,1-2H3. The predicted octanol–water partition coefficient (Wildman–Crippen LogP) is 4.03. The highest BCUT2D eigenvalue weighted by atomic mass is 79.9. The van der Waals surface area contributed by atoms with Crippen LogP contribution in [0.1, 0.15) is 19.9 Å². The van der Waals surface area contributed by atoms with Crippen molar-refractivity contribution >= 4 is 32.5 Å². The summed E-state index contributed by atoms with van der Waals surface area (Å²) in [6.07, 6.45) is 1.74. The van der Waals surface area contributed by atoms with E-state index in [1.165, 1.54) is 6.07 Å². The molecule has 0 aliphatic carbocycles. The monoisotopic (exact) mass is 300 g/mol. The Morgan fingerprint density at radius 1 is 1.47 bits per heavy atom. The van der Waals surface area contributed by atoms with Crippen molar-refractivity contribution < 1.29 is 9.31 Å². The quantitative estimate of drug-likeness (QED) is 0.621. The molecule has 0 N–H and O–H groups in total. The topological polar surface area (TPSA) is 48.1 Å². The van der Waals surface area contributed by atoms with Crippen LogP contribution in [0.3, 0.4) is 0 Å². The number of nitrogens with zero attached hydrogens (tertiary/aromatic N) is 2. The Morgan fingerprint density at radius 3 is 2.65 bits per heavy atom. The second-order valence-corrected chi connectivity index (χ2v) is 4.91. The van der Waals surface area contributed by atoms with Crippen LogP contribution < -0.4 is 0 Å². The van der Waals surface area contributed by atoms with Gasteiger partial charge in [-0.3, -0.25) is 10.1 Å². The first kappa shape index (κ1) is 12.0. The van der Waals surface area contributed by atoms with Gasteiger partial charge in [-0.25, -0.2) is 4.39 Å². The molecule has 17 heavy (non-hydrogen) atoms. The summed E-state index contributed by atoms with van der Waals surface area (Å²) in [6, 6.07) is 2.41. The first-order chi connectivity index (χ1) is 7.91. The third-order valence-corrected chi connectivity index (χ3v) is 3.22. The maximum absolute atomic E-state index is 13.9. The third kappa shape index (κ3) is 1.93. The van der Waals surface area contributed by atoms with Gasteiger partial charge in [-0.1, -0.05) is 0 Å². The molecule has 0 aliphatic heterocycles. The molecule has 0 saturated carbocycles. The molecule has 0 saturated heterocycles. The molecule has 0 fully saturated rings. The number of nitro groups is 1. The smallest absolute Gasteiger partial charge is 0.273 e. The highest BCUT2D eigenvalue weighted by Crippen LogP contribution is 2.33. The maximum atomic E-state index is 13.9. The van der Waals surface area contributed by atoms with Gasteiger partial charge in [0.05, 0.1) is 16.5 Å². The minimum absolute atomic E-state index is 0.0831. The molecule has 2 aromatic rings. The molecule has 0 spiro atoms. The van der Waals surface area contributed by atoms with Gasteiger partial charge in [0.15, 0.2) is 5.82 Å². The van der Waals surface area contributed by atoms with Crippen molar-refractivity contribution in [3.63, 3.8) is 0 Å². The summed E-state index contributed by atoms with van der Waals surface area (Å²) in [5, 5.41) is 11.2. The first-order valence-electron chi connectivity index (χ1n) is 5.05. The van der Waals surface area contributed by atoms with Crippen LogP contribution in [0, 0.1) is 15.9 Å².